The molecule has 0 atom stereocenters. The summed E-state index contributed by atoms with van der Waals surface area (Å²) >= 11 is 4.27. The Kier molecular flexibility index (Phi) is 5.60. The Morgan fingerprint density at radius 2 is 2.18 bits per heavy atom. The summed E-state index contributed by atoms with van der Waals surface area (Å²) in [5.41, 5.74) is 1.05. The van der Waals surface area contributed by atoms with Gasteiger partial charge < -0.3 is 0 Å². The number of nitriles is 1. The van der Waals surface area contributed by atoms with E-state index in [1.54, 1.807) is 0 Å². The molecule has 0 aromatic rings. The van der Waals surface area contributed by atoms with Crippen LogP contribution >= 0.6 is 45.5 Å². The summed E-state index contributed by atoms with van der Waals surface area (Å²) < 4.78 is 5.07. The van der Waals surface area contributed by atoms with E-state index < -0.39 is 0 Å². The van der Waals surface area contributed by atoms with Gasteiger partial charge in [-0.3, -0.25) is 0 Å². The fourth-order valence-corrected chi connectivity index (χ4v) is 1.80. The van der Waals surface area contributed by atoms with Gasteiger partial charge in [0.15, 0.2) is 0 Å². The van der Waals surface area contributed by atoms with Crippen LogP contribution in [0.5, 0.6) is 0 Å². The topological polar surface area (TPSA) is 36.1 Å². The van der Waals surface area contributed by atoms with Crippen molar-refractivity contribution in [2.75, 3.05) is 4.43 Å². The largest absolute Gasteiger partial charge is 0.222 e. The Morgan fingerprint density at radius 1 is 1.64 bits per heavy atom. The van der Waals surface area contributed by atoms with E-state index in [-0.39, 0.29) is 5.41 Å². The molecule has 0 heterocycles. The van der Waals surface area contributed by atoms with Crippen molar-refractivity contribution in [3.05, 3.63) is 0 Å². The number of rotatable bonds is 3. The first-order chi connectivity index (χ1) is 5.08. The van der Waals surface area contributed by atoms with Crippen LogP contribution in [0.4, 0.5) is 0 Å². The minimum Gasteiger partial charge on any atom is -0.222 e. The predicted octanol–water partition coefficient (Wildman–Crippen LogP) is 3.15. The Hall–Kier alpha value is 0.620. The van der Waals surface area contributed by atoms with Crippen molar-refractivity contribution < 1.29 is 0 Å². The molecule has 4 heteroatoms. The van der Waals surface area contributed by atoms with Crippen molar-refractivity contribution in [3.63, 3.8) is 0 Å². The molecule has 0 bridgehead atoms. The molecule has 0 saturated carbocycles. The summed E-state index contributed by atoms with van der Waals surface area (Å²) in [6, 6.07) is 2.12. The maximum Gasteiger partial charge on any atom is 0.0831 e. The van der Waals surface area contributed by atoms with Gasteiger partial charge in [-0.05, 0) is 0 Å². The molecule has 0 rings (SSSR count). The number of nitrogens with zero attached hydrogens (tertiary/aromatic N) is 2. The van der Waals surface area contributed by atoms with Crippen LogP contribution in [0.25, 0.3) is 0 Å². The summed E-state index contributed by atoms with van der Waals surface area (Å²) in [7, 11) is 0. The van der Waals surface area contributed by atoms with Crippen molar-refractivity contribution in [2.45, 2.75) is 20.3 Å². The quantitative estimate of drug-likeness (QED) is 0.424. The minimum atomic E-state index is 0.0669. The second kappa shape index (κ2) is 5.30. The molecule has 0 aromatic heterocycles. The fraction of sp³-hybridized carbons (Fsp3) is 0.714. The number of alkyl halides is 1. The maximum absolute atomic E-state index is 8.49. The smallest absolute Gasteiger partial charge is 0.0831 e. The highest BCUT2D eigenvalue weighted by molar-refractivity contribution is 14.1. The lowest BCUT2D eigenvalue weighted by Crippen LogP contribution is -2.24. The lowest BCUT2D eigenvalue weighted by atomic mass is 9.88. The van der Waals surface area contributed by atoms with Gasteiger partial charge in [0.25, 0.3) is 0 Å². The molecule has 0 radical (unpaired) electrons. The number of halogens is 2. The zero-order valence-electron chi connectivity index (χ0n) is 6.56. The molecule has 0 unspecified atom stereocenters. The molecule has 11 heavy (non-hydrogen) atoms. The van der Waals surface area contributed by atoms with Crippen LogP contribution in [0.3, 0.4) is 0 Å². The van der Waals surface area contributed by atoms with Crippen LogP contribution < -0.4 is 0 Å². The van der Waals surface area contributed by atoms with E-state index in [2.05, 4.69) is 45.7 Å². The Labute approximate surface area is 95.1 Å². The van der Waals surface area contributed by atoms with E-state index in [0.29, 0.717) is 6.42 Å². The van der Waals surface area contributed by atoms with E-state index in [4.69, 9.17) is 5.26 Å². The SMILES string of the molecule is CC(C)(CI)C(CC#N)=NI. The third kappa shape index (κ3) is 3.69. The van der Waals surface area contributed by atoms with Crippen LogP contribution in [0.15, 0.2) is 3.21 Å². The molecule has 0 N–H and O–H groups in total. The Balaban J connectivity index is 4.41. The monoisotopic (exact) mass is 376 g/mol. The molecule has 0 aliphatic heterocycles. The van der Waals surface area contributed by atoms with Gasteiger partial charge in [0.2, 0.25) is 0 Å². The molecule has 0 aromatic carbocycles. The number of hydrogen-bond donors (Lipinski definition) is 0. The van der Waals surface area contributed by atoms with Gasteiger partial charge >= 0.3 is 0 Å². The molecule has 62 valence electrons. The Bertz CT molecular complexity index is 191. The Morgan fingerprint density at radius 3 is 2.45 bits per heavy atom. The summed E-state index contributed by atoms with van der Waals surface area (Å²) in [4.78, 5) is 0. The molecule has 2 nitrogen and oxygen atoms in total. The first-order valence-electron chi connectivity index (χ1n) is 3.19. The summed E-state index contributed by atoms with van der Waals surface area (Å²) in [5.74, 6) is 0. The van der Waals surface area contributed by atoms with Gasteiger partial charge in [-0.2, -0.15) is 5.26 Å². The van der Waals surface area contributed by atoms with E-state index >= 15 is 0 Å². The van der Waals surface area contributed by atoms with Gasteiger partial charge in [-0.15, -0.1) is 0 Å². The summed E-state index contributed by atoms with van der Waals surface area (Å²) in [5, 5.41) is 8.49. The number of hydrogen-bond acceptors (Lipinski definition) is 2. The third-order valence-electron chi connectivity index (χ3n) is 1.46. The van der Waals surface area contributed by atoms with Crippen LogP contribution in [0.1, 0.15) is 20.3 Å². The van der Waals surface area contributed by atoms with Crippen molar-refractivity contribution in [2.24, 2.45) is 8.62 Å². The first-order valence-corrected chi connectivity index (χ1v) is 5.68. The second-order valence-corrected chi connectivity index (χ2v) is 4.13. The van der Waals surface area contributed by atoms with Gasteiger partial charge in [0, 0.05) is 15.6 Å². The van der Waals surface area contributed by atoms with E-state index in [1.165, 1.54) is 0 Å². The maximum atomic E-state index is 8.49. The molecule has 0 aliphatic carbocycles. The van der Waals surface area contributed by atoms with Gasteiger partial charge in [0.1, 0.15) is 0 Å². The average molecular weight is 376 g/mol. The van der Waals surface area contributed by atoms with E-state index in [0.717, 1.165) is 10.1 Å². The van der Waals surface area contributed by atoms with Crippen LogP contribution in [-0.2, 0) is 0 Å². The minimum absolute atomic E-state index is 0.0669. The van der Waals surface area contributed by atoms with Gasteiger partial charge in [0.05, 0.1) is 35.4 Å². The molecule has 0 aliphatic rings. The van der Waals surface area contributed by atoms with Crippen molar-refractivity contribution in [1.29, 1.82) is 5.26 Å². The van der Waals surface area contributed by atoms with E-state index in [9.17, 15) is 0 Å². The molecular formula is C7H10I2N2. The summed E-state index contributed by atoms with van der Waals surface area (Å²) in [6.45, 7) is 4.21. The zero-order valence-corrected chi connectivity index (χ0v) is 10.9. The molecule has 0 spiro atoms. The van der Waals surface area contributed by atoms with Crippen LogP contribution in [0.2, 0.25) is 0 Å². The van der Waals surface area contributed by atoms with Crippen molar-refractivity contribution in [1.82, 2.24) is 0 Å². The highest BCUT2D eigenvalue weighted by atomic mass is 127. The molecule has 0 amide bonds. The van der Waals surface area contributed by atoms with Crippen molar-refractivity contribution in [3.8, 4) is 6.07 Å². The van der Waals surface area contributed by atoms with E-state index in [1.807, 2.05) is 22.9 Å². The van der Waals surface area contributed by atoms with Gasteiger partial charge in [-0.1, -0.05) is 36.4 Å². The zero-order chi connectivity index (χ0) is 8.91. The molecular weight excluding hydrogens is 366 g/mol. The highest BCUT2D eigenvalue weighted by Gasteiger charge is 2.22. The van der Waals surface area contributed by atoms with Crippen LogP contribution in [-0.4, -0.2) is 10.1 Å². The first kappa shape index (κ1) is 11.6. The average Bonchev–Trinajstić information content (AvgIpc) is 2.00. The van der Waals surface area contributed by atoms with Crippen LogP contribution in [0, 0.1) is 16.7 Å². The highest BCUT2D eigenvalue weighted by Crippen LogP contribution is 2.23. The molecule has 0 saturated heterocycles. The third-order valence-corrected chi connectivity index (χ3v) is 3.95. The molecule has 0 fully saturated rings. The second-order valence-electron chi connectivity index (χ2n) is 2.88. The fourth-order valence-electron chi connectivity index (χ4n) is 0.536. The lowest BCUT2D eigenvalue weighted by molar-refractivity contribution is 0.608. The lowest BCUT2D eigenvalue weighted by Gasteiger charge is -2.21. The normalized spacial score (nSPS) is 12.8. The summed E-state index contributed by atoms with van der Waals surface area (Å²) in [6.07, 6.45) is 0.443. The standard InChI is InChI=1S/C7H10I2N2/c1-7(2,5-8)6(11-9)3-4-10/h3,5H2,1-2H3. The van der Waals surface area contributed by atoms with Crippen molar-refractivity contribution >= 4 is 51.2 Å². The van der Waals surface area contributed by atoms with Gasteiger partial charge in [-0.25, -0.2) is 3.21 Å². The predicted molar refractivity (Wildman–Crippen MR) is 64.4 cm³/mol.